The van der Waals surface area contributed by atoms with E-state index >= 15 is 0 Å². The fourth-order valence-corrected chi connectivity index (χ4v) is 3.50. The van der Waals surface area contributed by atoms with Crippen molar-refractivity contribution in [3.63, 3.8) is 0 Å². The lowest BCUT2D eigenvalue weighted by Crippen LogP contribution is -2.41. The zero-order chi connectivity index (χ0) is 20.1. The van der Waals surface area contributed by atoms with Crippen molar-refractivity contribution in [2.75, 3.05) is 13.6 Å². The molecular formula is C20H25FN4O3. The van der Waals surface area contributed by atoms with Gasteiger partial charge in [0.1, 0.15) is 11.5 Å². The van der Waals surface area contributed by atoms with Crippen LogP contribution in [0.4, 0.5) is 4.39 Å². The van der Waals surface area contributed by atoms with Crippen molar-refractivity contribution < 1.29 is 18.5 Å². The standard InChI is InChI=1S/C20H25FN4O3/c1-13(26)22-11-17-7-6-16(25(17)2)9-20(27)23-12-18-10-19(24-28-18)14-4-3-5-15(21)8-14/h3-5,8,10,16-17H,6-7,9,11-12H2,1-2H3,(H,22,26)(H,23,27)/t16-,17+/m0/s1. The summed E-state index contributed by atoms with van der Waals surface area (Å²) in [5.74, 6) is 0.0590. The number of likely N-dealkylation sites (tertiary alicyclic amines) is 1. The average molecular weight is 388 g/mol. The van der Waals surface area contributed by atoms with E-state index in [4.69, 9.17) is 4.52 Å². The molecule has 1 aromatic heterocycles. The maximum atomic E-state index is 13.3. The van der Waals surface area contributed by atoms with Gasteiger partial charge in [-0.15, -0.1) is 0 Å². The van der Waals surface area contributed by atoms with Gasteiger partial charge in [-0.25, -0.2) is 4.39 Å². The highest BCUT2D eigenvalue weighted by Gasteiger charge is 2.31. The first kappa shape index (κ1) is 20.0. The van der Waals surface area contributed by atoms with Crippen molar-refractivity contribution in [2.45, 2.75) is 44.8 Å². The van der Waals surface area contributed by atoms with Crippen molar-refractivity contribution in [3.8, 4) is 11.3 Å². The highest BCUT2D eigenvalue weighted by Crippen LogP contribution is 2.24. The minimum absolute atomic E-state index is 0.0424. The van der Waals surface area contributed by atoms with E-state index in [0.29, 0.717) is 30.0 Å². The number of aromatic nitrogens is 1. The number of nitrogens with one attached hydrogen (secondary N) is 2. The summed E-state index contributed by atoms with van der Waals surface area (Å²) in [6, 6.07) is 8.20. The number of hydrogen-bond acceptors (Lipinski definition) is 5. The van der Waals surface area contributed by atoms with E-state index in [-0.39, 0.29) is 36.3 Å². The number of carbonyl (C=O) groups is 2. The number of likely N-dealkylation sites (N-methyl/N-ethyl adjacent to an activating group) is 1. The van der Waals surface area contributed by atoms with Gasteiger partial charge in [-0.05, 0) is 32.0 Å². The molecule has 8 heteroatoms. The van der Waals surface area contributed by atoms with Gasteiger partial charge in [0.25, 0.3) is 0 Å². The Bertz CT molecular complexity index is 838. The van der Waals surface area contributed by atoms with Crippen LogP contribution < -0.4 is 10.6 Å². The summed E-state index contributed by atoms with van der Waals surface area (Å²) in [5, 5.41) is 9.61. The molecule has 28 heavy (non-hydrogen) atoms. The lowest BCUT2D eigenvalue weighted by molar-refractivity contribution is -0.122. The molecule has 2 atom stereocenters. The lowest BCUT2D eigenvalue weighted by Gasteiger charge is -2.25. The van der Waals surface area contributed by atoms with Gasteiger partial charge < -0.3 is 15.2 Å². The molecule has 0 saturated carbocycles. The molecule has 0 unspecified atom stereocenters. The Balaban J connectivity index is 1.47. The second-order valence-corrected chi connectivity index (χ2v) is 7.16. The molecule has 1 aliphatic rings. The number of nitrogens with zero attached hydrogens (tertiary/aromatic N) is 2. The first-order valence-electron chi connectivity index (χ1n) is 9.37. The van der Waals surface area contributed by atoms with Crippen molar-refractivity contribution in [1.29, 1.82) is 0 Å². The van der Waals surface area contributed by atoms with E-state index in [1.165, 1.54) is 19.1 Å². The van der Waals surface area contributed by atoms with E-state index in [1.807, 2.05) is 7.05 Å². The molecule has 2 heterocycles. The number of rotatable bonds is 7. The van der Waals surface area contributed by atoms with E-state index < -0.39 is 0 Å². The summed E-state index contributed by atoms with van der Waals surface area (Å²) in [6.07, 6.45) is 2.26. The van der Waals surface area contributed by atoms with Crippen molar-refractivity contribution in [3.05, 3.63) is 41.9 Å². The molecule has 1 aromatic carbocycles. The third-order valence-corrected chi connectivity index (χ3v) is 5.13. The molecule has 2 amide bonds. The predicted octanol–water partition coefficient (Wildman–Crippen LogP) is 2.09. The third-order valence-electron chi connectivity index (χ3n) is 5.13. The second-order valence-electron chi connectivity index (χ2n) is 7.16. The molecule has 0 radical (unpaired) electrons. The monoisotopic (exact) mass is 388 g/mol. The van der Waals surface area contributed by atoms with Crippen LogP contribution in [-0.2, 0) is 16.1 Å². The zero-order valence-corrected chi connectivity index (χ0v) is 16.1. The van der Waals surface area contributed by atoms with Gasteiger partial charge in [0.05, 0.1) is 6.54 Å². The number of benzene rings is 1. The molecule has 1 saturated heterocycles. The number of carbonyl (C=O) groups excluding carboxylic acids is 2. The second kappa shape index (κ2) is 8.97. The van der Waals surface area contributed by atoms with Crippen molar-refractivity contribution in [2.24, 2.45) is 0 Å². The lowest BCUT2D eigenvalue weighted by atomic mass is 10.1. The Kier molecular flexibility index (Phi) is 6.41. The van der Waals surface area contributed by atoms with Crippen LogP contribution in [0.5, 0.6) is 0 Å². The van der Waals surface area contributed by atoms with Crippen LogP contribution in [0.2, 0.25) is 0 Å². The molecule has 2 aromatic rings. The van der Waals surface area contributed by atoms with Gasteiger partial charge in [0.15, 0.2) is 5.76 Å². The van der Waals surface area contributed by atoms with E-state index in [9.17, 15) is 14.0 Å². The zero-order valence-electron chi connectivity index (χ0n) is 16.1. The molecule has 3 rings (SSSR count). The van der Waals surface area contributed by atoms with Gasteiger partial charge in [0.2, 0.25) is 11.8 Å². The first-order chi connectivity index (χ1) is 13.4. The number of hydrogen-bond donors (Lipinski definition) is 2. The molecular weight excluding hydrogens is 363 g/mol. The summed E-state index contributed by atoms with van der Waals surface area (Å²) in [7, 11) is 1.99. The van der Waals surface area contributed by atoms with Crippen LogP contribution in [0.25, 0.3) is 11.3 Å². The van der Waals surface area contributed by atoms with Gasteiger partial charge in [-0.3, -0.25) is 14.5 Å². The fraction of sp³-hybridized carbons (Fsp3) is 0.450. The molecule has 1 fully saturated rings. The largest absolute Gasteiger partial charge is 0.359 e. The minimum atomic E-state index is -0.340. The van der Waals surface area contributed by atoms with Crippen LogP contribution >= 0.6 is 0 Å². The van der Waals surface area contributed by atoms with E-state index in [0.717, 1.165) is 12.8 Å². The number of halogens is 1. The van der Waals surface area contributed by atoms with Crippen molar-refractivity contribution in [1.82, 2.24) is 20.7 Å². The van der Waals surface area contributed by atoms with Crippen LogP contribution in [0, 0.1) is 5.82 Å². The van der Waals surface area contributed by atoms with Gasteiger partial charge in [-0.1, -0.05) is 17.3 Å². The van der Waals surface area contributed by atoms with Gasteiger partial charge in [0, 0.05) is 43.6 Å². The Morgan fingerprint density at radius 2 is 2.04 bits per heavy atom. The van der Waals surface area contributed by atoms with Gasteiger partial charge >= 0.3 is 0 Å². The Morgan fingerprint density at radius 1 is 1.25 bits per heavy atom. The normalized spacial score (nSPS) is 19.5. The SMILES string of the molecule is CC(=O)NC[C@H]1CC[C@@H](CC(=O)NCc2cc(-c3cccc(F)c3)no2)N1C. The quantitative estimate of drug-likeness (QED) is 0.758. The molecule has 1 aliphatic heterocycles. The van der Waals surface area contributed by atoms with Gasteiger partial charge in [-0.2, -0.15) is 0 Å². The van der Waals surface area contributed by atoms with Crippen LogP contribution in [0.1, 0.15) is 31.9 Å². The molecule has 0 bridgehead atoms. The Labute approximate surface area is 163 Å². The summed E-state index contributed by atoms with van der Waals surface area (Å²) < 4.78 is 18.5. The van der Waals surface area contributed by atoms with Crippen LogP contribution in [0.15, 0.2) is 34.9 Å². The smallest absolute Gasteiger partial charge is 0.221 e. The summed E-state index contributed by atoms with van der Waals surface area (Å²) >= 11 is 0. The van der Waals surface area contributed by atoms with Crippen LogP contribution in [-0.4, -0.2) is 47.5 Å². The maximum Gasteiger partial charge on any atom is 0.221 e. The number of amides is 2. The van der Waals surface area contributed by atoms with E-state index in [2.05, 4.69) is 20.7 Å². The fourth-order valence-electron chi connectivity index (χ4n) is 3.50. The summed E-state index contributed by atoms with van der Waals surface area (Å²) in [6.45, 7) is 2.33. The molecule has 0 spiro atoms. The minimum Gasteiger partial charge on any atom is -0.359 e. The highest BCUT2D eigenvalue weighted by atomic mass is 19.1. The summed E-state index contributed by atoms with van der Waals surface area (Å²) in [4.78, 5) is 25.5. The van der Waals surface area contributed by atoms with E-state index in [1.54, 1.807) is 18.2 Å². The highest BCUT2D eigenvalue weighted by molar-refractivity contribution is 5.76. The Hall–Kier alpha value is -2.74. The topological polar surface area (TPSA) is 87.5 Å². The molecule has 150 valence electrons. The Morgan fingerprint density at radius 3 is 2.79 bits per heavy atom. The molecule has 0 aliphatic carbocycles. The van der Waals surface area contributed by atoms with Crippen molar-refractivity contribution >= 4 is 11.8 Å². The third kappa shape index (κ3) is 5.16. The summed E-state index contributed by atoms with van der Waals surface area (Å²) in [5.41, 5.74) is 1.15. The molecule has 2 N–H and O–H groups in total. The van der Waals surface area contributed by atoms with Crippen LogP contribution in [0.3, 0.4) is 0 Å². The first-order valence-corrected chi connectivity index (χ1v) is 9.37. The predicted molar refractivity (Wildman–Crippen MR) is 102 cm³/mol. The molecule has 7 nitrogen and oxygen atoms in total. The average Bonchev–Trinajstić information content (AvgIpc) is 3.26. The maximum absolute atomic E-state index is 13.3.